The minimum absolute atomic E-state index is 0.00657. The lowest BCUT2D eigenvalue weighted by Gasteiger charge is -2.22. The number of amides is 1. The fourth-order valence-electron chi connectivity index (χ4n) is 1.91. The largest absolute Gasteiger partial charge is 0.476 e. The van der Waals surface area contributed by atoms with E-state index in [2.05, 4.69) is 10.3 Å². The fraction of sp³-hybridized carbons (Fsp3) is 0.615. The summed E-state index contributed by atoms with van der Waals surface area (Å²) in [7, 11) is 0. The Kier molecular flexibility index (Phi) is 6.09. The zero-order valence-electron chi connectivity index (χ0n) is 11.5. The molecule has 2 heterocycles. The summed E-state index contributed by atoms with van der Waals surface area (Å²) in [6, 6.07) is 0. The van der Waals surface area contributed by atoms with Crippen molar-refractivity contribution >= 4 is 23.2 Å². The van der Waals surface area contributed by atoms with Crippen molar-refractivity contribution in [2.45, 2.75) is 31.9 Å². The summed E-state index contributed by atoms with van der Waals surface area (Å²) in [5.74, 6) is -1.19. The second-order valence-corrected chi connectivity index (χ2v) is 5.58. The van der Waals surface area contributed by atoms with E-state index in [9.17, 15) is 9.59 Å². The molecule has 1 aliphatic heterocycles. The number of thiazole rings is 1. The first-order chi connectivity index (χ1) is 10.1. The van der Waals surface area contributed by atoms with Crippen molar-refractivity contribution in [2.24, 2.45) is 0 Å². The predicted octanol–water partition coefficient (Wildman–Crippen LogP) is 1.04. The number of hydrogen-bond acceptors (Lipinski definition) is 6. The summed E-state index contributed by atoms with van der Waals surface area (Å²) in [4.78, 5) is 26.2. The topological polar surface area (TPSA) is 97.8 Å². The highest BCUT2D eigenvalue weighted by Gasteiger charge is 2.14. The molecule has 1 aromatic rings. The Labute approximate surface area is 126 Å². The highest BCUT2D eigenvalue weighted by atomic mass is 32.1. The summed E-state index contributed by atoms with van der Waals surface area (Å²) >= 11 is 1.21. The van der Waals surface area contributed by atoms with E-state index in [1.807, 2.05) is 0 Å². The molecule has 0 bridgehead atoms. The van der Waals surface area contributed by atoms with Crippen molar-refractivity contribution in [3.63, 3.8) is 0 Å². The normalized spacial score (nSPS) is 15.8. The van der Waals surface area contributed by atoms with Gasteiger partial charge in [-0.05, 0) is 12.8 Å². The minimum Gasteiger partial charge on any atom is -0.476 e. The van der Waals surface area contributed by atoms with Crippen LogP contribution < -0.4 is 5.32 Å². The number of carbonyl (C=O) groups is 2. The van der Waals surface area contributed by atoms with Crippen LogP contribution in [0.3, 0.4) is 0 Å². The maximum Gasteiger partial charge on any atom is 0.355 e. The van der Waals surface area contributed by atoms with E-state index in [1.54, 1.807) is 0 Å². The van der Waals surface area contributed by atoms with Gasteiger partial charge in [0.15, 0.2) is 5.69 Å². The number of carbonyl (C=O) groups excluding carboxylic acids is 1. The highest BCUT2D eigenvalue weighted by molar-refractivity contribution is 7.09. The second-order valence-electron chi connectivity index (χ2n) is 4.64. The second kappa shape index (κ2) is 8.06. The molecule has 1 fully saturated rings. The molecule has 0 radical (unpaired) electrons. The van der Waals surface area contributed by atoms with Crippen LogP contribution in [-0.2, 0) is 20.8 Å². The molecule has 2 rings (SSSR count). The molecule has 21 heavy (non-hydrogen) atoms. The number of ether oxygens (including phenoxy) is 2. The first kappa shape index (κ1) is 15.9. The van der Waals surface area contributed by atoms with Crippen LogP contribution in [0.15, 0.2) is 5.38 Å². The summed E-state index contributed by atoms with van der Waals surface area (Å²) in [6.45, 7) is 2.06. The van der Waals surface area contributed by atoms with Crippen molar-refractivity contribution in [2.75, 3.05) is 19.8 Å². The van der Waals surface area contributed by atoms with Crippen LogP contribution in [0.25, 0.3) is 0 Å². The van der Waals surface area contributed by atoms with Crippen molar-refractivity contribution in [1.82, 2.24) is 10.3 Å². The van der Waals surface area contributed by atoms with Gasteiger partial charge in [0.1, 0.15) is 5.01 Å². The molecular weight excluding hydrogens is 296 g/mol. The van der Waals surface area contributed by atoms with Gasteiger partial charge in [0.25, 0.3) is 0 Å². The smallest absolute Gasteiger partial charge is 0.355 e. The minimum atomic E-state index is -1.06. The molecule has 0 spiro atoms. The predicted molar refractivity (Wildman–Crippen MR) is 75.3 cm³/mol. The summed E-state index contributed by atoms with van der Waals surface area (Å²) in [6.07, 6.45) is 2.22. The molecule has 1 aliphatic rings. The zero-order valence-corrected chi connectivity index (χ0v) is 12.4. The Morgan fingerprint density at radius 1 is 1.48 bits per heavy atom. The molecule has 1 aromatic heterocycles. The van der Waals surface area contributed by atoms with Gasteiger partial charge in [0.05, 0.1) is 19.3 Å². The number of nitrogens with one attached hydrogen (secondary N) is 1. The van der Waals surface area contributed by atoms with Crippen molar-refractivity contribution in [3.8, 4) is 0 Å². The van der Waals surface area contributed by atoms with E-state index < -0.39 is 5.97 Å². The molecule has 2 N–H and O–H groups in total. The van der Waals surface area contributed by atoms with Crippen LogP contribution in [0.1, 0.15) is 34.8 Å². The first-order valence-electron chi connectivity index (χ1n) is 6.79. The van der Waals surface area contributed by atoms with Crippen LogP contribution in [-0.4, -0.2) is 47.9 Å². The Hall–Kier alpha value is -1.51. The summed E-state index contributed by atoms with van der Waals surface area (Å²) in [5, 5.41) is 13.5. The Morgan fingerprint density at radius 3 is 2.90 bits per heavy atom. The molecule has 0 aromatic carbocycles. The number of aromatic carboxylic acids is 1. The molecule has 1 amide bonds. The van der Waals surface area contributed by atoms with Crippen LogP contribution in [0, 0.1) is 0 Å². The van der Waals surface area contributed by atoms with Crippen LogP contribution in [0.4, 0.5) is 0 Å². The molecule has 116 valence electrons. The molecule has 0 unspecified atom stereocenters. The molecule has 0 saturated carbocycles. The van der Waals surface area contributed by atoms with E-state index in [1.165, 1.54) is 16.7 Å². The SMILES string of the molecule is O=C(CCOC1CCOCC1)NCc1nc(C(=O)O)cs1. The molecular formula is C13H18N2O5S. The van der Waals surface area contributed by atoms with E-state index in [-0.39, 0.29) is 30.7 Å². The van der Waals surface area contributed by atoms with Gasteiger partial charge in [-0.25, -0.2) is 9.78 Å². The molecule has 7 nitrogen and oxygen atoms in total. The van der Waals surface area contributed by atoms with E-state index in [0.717, 1.165) is 12.8 Å². The number of nitrogens with zero attached hydrogens (tertiary/aromatic N) is 1. The van der Waals surface area contributed by atoms with Gasteiger partial charge in [-0.3, -0.25) is 4.79 Å². The summed E-state index contributed by atoms with van der Waals surface area (Å²) < 4.78 is 10.8. The van der Waals surface area contributed by atoms with Gasteiger partial charge < -0.3 is 19.9 Å². The van der Waals surface area contributed by atoms with Gasteiger partial charge in [0.2, 0.25) is 5.91 Å². The average molecular weight is 314 g/mol. The highest BCUT2D eigenvalue weighted by Crippen LogP contribution is 2.11. The molecule has 0 atom stereocenters. The number of carboxylic acids is 1. The third-order valence-electron chi connectivity index (χ3n) is 3.06. The Morgan fingerprint density at radius 2 is 2.24 bits per heavy atom. The zero-order chi connectivity index (χ0) is 15.1. The number of hydrogen-bond donors (Lipinski definition) is 2. The number of rotatable bonds is 7. The lowest BCUT2D eigenvalue weighted by atomic mass is 10.1. The van der Waals surface area contributed by atoms with Crippen molar-refractivity contribution < 1.29 is 24.2 Å². The lowest BCUT2D eigenvalue weighted by molar-refractivity contribution is -0.123. The van der Waals surface area contributed by atoms with E-state index >= 15 is 0 Å². The lowest BCUT2D eigenvalue weighted by Crippen LogP contribution is -2.27. The Balaban J connectivity index is 1.61. The standard InChI is InChI=1S/C13H18N2O5S/c16-11(3-6-20-9-1-4-19-5-2-9)14-7-12-15-10(8-21-12)13(17)18/h8-9H,1-7H2,(H,14,16)(H,17,18). The van der Waals surface area contributed by atoms with Gasteiger partial charge in [-0.1, -0.05) is 0 Å². The van der Waals surface area contributed by atoms with Gasteiger partial charge in [-0.15, -0.1) is 11.3 Å². The van der Waals surface area contributed by atoms with Gasteiger partial charge in [0, 0.05) is 25.0 Å². The molecule has 8 heteroatoms. The quantitative estimate of drug-likeness (QED) is 0.780. The van der Waals surface area contributed by atoms with Crippen molar-refractivity contribution in [3.05, 3.63) is 16.1 Å². The number of aromatic nitrogens is 1. The molecule has 0 aliphatic carbocycles. The van der Waals surface area contributed by atoms with Gasteiger partial charge >= 0.3 is 5.97 Å². The van der Waals surface area contributed by atoms with Crippen molar-refractivity contribution in [1.29, 1.82) is 0 Å². The average Bonchev–Trinajstić information content (AvgIpc) is 2.95. The Bertz CT molecular complexity index is 485. The van der Waals surface area contributed by atoms with Crippen LogP contribution in [0.2, 0.25) is 0 Å². The monoisotopic (exact) mass is 314 g/mol. The van der Waals surface area contributed by atoms with E-state index in [4.69, 9.17) is 14.6 Å². The number of carboxylic acid groups (broad SMARTS) is 1. The third kappa shape index (κ3) is 5.41. The van der Waals surface area contributed by atoms with E-state index in [0.29, 0.717) is 24.8 Å². The van der Waals surface area contributed by atoms with Crippen LogP contribution >= 0.6 is 11.3 Å². The van der Waals surface area contributed by atoms with Gasteiger partial charge in [-0.2, -0.15) is 0 Å². The van der Waals surface area contributed by atoms with Crippen LogP contribution in [0.5, 0.6) is 0 Å². The maximum absolute atomic E-state index is 11.6. The maximum atomic E-state index is 11.6. The third-order valence-corrected chi connectivity index (χ3v) is 3.91. The fourth-order valence-corrected chi connectivity index (χ4v) is 2.62. The summed E-state index contributed by atoms with van der Waals surface area (Å²) in [5.41, 5.74) is 0.00657. The first-order valence-corrected chi connectivity index (χ1v) is 7.67. The molecule has 1 saturated heterocycles.